The van der Waals surface area contributed by atoms with E-state index in [4.69, 9.17) is 32.1 Å². The van der Waals surface area contributed by atoms with Gasteiger partial charge in [-0.3, -0.25) is 24.4 Å². The summed E-state index contributed by atoms with van der Waals surface area (Å²) in [5.41, 5.74) is 9.16. The molecule has 3 unspecified atom stereocenters. The van der Waals surface area contributed by atoms with Crippen LogP contribution in [0.1, 0.15) is 69.6 Å². The average Bonchev–Trinajstić information content (AvgIpc) is 3.62. The molecule has 4 aliphatic heterocycles. The van der Waals surface area contributed by atoms with Gasteiger partial charge in [-0.05, 0) is 100 Å². The molecular formula is C44H54N6O5S2Si. The minimum absolute atomic E-state index is 0.0583. The molecule has 3 aromatic heterocycles. The Bertz CT molecular complexity index is 2290. The minimum Gasteiger partial charge on any atom is -0.464 e. The number of ether oxygens (including phenoxy) is 2. The number of esters is 1. The van der Waals surface area contributed by atoms with Gasteiger partial charge in [-0.2, -0.15) is 0 Å². The number of pyridine rings is 1. The van der Waals surface area contributed by atoms with Crippen LogP contribution < -0.4 is 5.43 Å². The number of fused-ring (bicyclic) bond motifs is 8. The number of likely N-dealkylation sites (tertiary alicyclic amines) is 1. The largest absolute Gasteiger partial charge is 0.464 e. The van der Waals surface area contributed by atoms with Crippen LogP contribution in [0.15, 0.2) is 41.9 Å². The molecule has 1 amide bonds. The maximum Gasteiger partial charge on any atom is 0.324 e. The van der Waals surface area contributed by atoms with Crippen molar-refractivity contribution < 1.29 is 23.9 Å². The Morgan fingerprint density at radius 3 is 2.76 bits per heavy atom. The molecular weight excluding hydrogens is 785 g/mol. The second-order valence-corrected chi connectivity index (χ2v) is 21.5. The normalized spacial score (nSPS) is 29.6. The molecule has 2 radical (unpaired) electrons. The molecule has 3 saturated heterocycles. The summed E-state index contributed by atoms with van der Waals surface area (Å²) in [6.07, 6.45) is 5.89. The highest BCUT2D eigenvalue weighted by atomic mass is 32.1. The number of Topliss-reactive ketones (excluding diaryl/α,β-unsaturated/α-hetero) is 1. The number of ketones is 1. The maximum absolute atomic E-state index is 15.1. The van der Waals surface area contributed by atoms with Crippen LogP contribution in [-0.4, -0.2) is 98.1 Å². The first-order chi connectivity index (χ1) is 27.8. The lowest BCUT2D eigenvalue weighted by atomic mass is 9.54. The van der Waals surface area contributed by atoms with Gasteiger partial charge in [0.2, 0.25) is 5.91 Å². The zero-order chi connectivity index (χ0) is 40.7. The van der Waals surface area contributed by atoms with Crippen molar-refractivity contribution in [1.82, 2.24) is 29.9 Å². The third-order valence-corrected chi connectivity index (χ3v) is 16.6. The van der Waals surface area contributed by atoms with Crippen molar-refractivity contribution in [2.75, 3.05) is 40.4 Å². The first-order valence-electron chi connectivity index (χ1n) is 20.8. The predicted molar refractivity (Wildman–Crippen MR) is 230 cm³/mol. The van der Waals surface area contributed by atoms with Crippen LogP contribution in [-0.2, 0) is 48.2 Å². The molecule has 1 N–H and O–H groups in total. The molecule has 4 aromatic rings. The number of nitrogens with zero attached hydrogens (tertiary/aromatic N) is 5. The van der Waals surface area contributed by atoms with E-state index >= 15 is 4.79 Å². The number of hydrazine groups is 1. The Balaban J connectivity index is 1.18. The molecule has 58 heavy (non-hydrogen) atoms. The Morgan fingerprint density at radius 2 is 1.98 bits per heavy atom. The number of thiazole rings is 1. The van der Waals surface area contributed by atoms with Crippen molar-refractivity contribution >= 4 is 62.0 Å². The van der Waals surface area contributed by atoms with Gasteiger partial charge >= 0.3 is 5.97 Å². The number of hydrogen-bond donors (Lipinski definition) is 2. The minimum atomic E-state index is -0.946. The van der Waals surface area contributed by atoms with Crippen molar-refractivity contribution in [2.45, 2.75) is 94.8 Å². The summed E-state index contributed by atoms with van der Waals surface area (Å²) in [5, 5.41) is 5.74. The van der Waals surface area contributed by atoms with E-state index in [9.17, 15) is 9.59 Å². The second kappa shape index (κ2) is 14.9. The number of thiol groups is 1. The monoisotopic (exact) mass is 838 g/mol. The number of aromatic nitrogens is 3. The molecule has 6 bridgehead atoms. The van der Waals surface area contributed by atoms with Crippen LogP contribution in [0, 0.1) is 22.7 Å². The summed E-state index contributed by atoms with van der Waals surface area (Å²) in [7, 11) is 4.31. The number of hydrogen-bond acceptors (Lipinski definition) is 11. The van der Waals surface area contributed by atoms with Gasteiger partial charge in [-0.1, -0.05) is 19.9 Å². The Hall–Kier alpha value is -3.40. The molecule has 5 aliphatic rings. The number of nitrogens with one attached hydrogen (secondary N) is 1. The average molecular weight is 839 g/mol. The van der Waals surface area contributed by atoms with Crippen LogP contribution in [0.2, 0.25) is 11.1 Å². The SMILES string of the molecule is CCn1c(-c2cccnc2[C@@](C)(S)OC)c2c3cc(ccc31)-c1csc(n1)C[C@]1(C(=O)N3CCC[C@H](N3)C(=O)OCC(C)(C)C2)C2[Si]C2C1C(=O)[C@@H]1CCCN(C)C1. The van der Waals surface area contributed by atoms with Crippen LogP contribution >= 0.6 is 24.0 Å². The molecule has 7 atom stereocenters. The van der Waals surface area contributed by atoms with E-state index in [0.29, 0.717) is 48.3 Å². The third-order valence-electron chi connectivity index (χ3n) is 13.5. The van der Waals surface area contributed by atoms with Crippen molar-refractivity contribution in [3.05, 3.63) is 58.2 Å². The van der Waals surface area contributed by atoms with Gasteiger partial charge in [0.05, 0.1) is 34.1 Å². The van der Waals surface area contributed by atoms with Gasteiger partial charge in [0.25, 0.3) is 0 Å². The summed E-state index contributed by atoms with van der Waals surface area (Å²) in [6, 6.07) is 9.95. The number of methoxy groups -OCH3 is 1. The van der Waals surface area contributed by atoms with Gasteiger partial charge < -0.3 is 18.9 Å². The van der Waals surface area contributed by atoms with Crippen molar-refractivity contribution in [2.24, 2.45) is 22.7 Å². The smallest absolute Gasteiger partial charge is 0.324 e. The summed E-state index contributed by atoms with van der Waals surface area (Å²) < 4.78 is 14.4. The molecule has 1 spiro atoms. The van der Waals surface area contributed by atoms with Gasteiger partial charge in [0.15, 0.2) is 4.93 Å². The zero-order valence-corrected chi connectivity index (χ0v) is 37.1. The van der Waals surface area contributed by atoms with E-state index in [2.05, 4.69) is 72.4 Å². The topological polar surface area (TPSA) is 119 Å². The lowest BCUT2D eigenvalue weighted by molar-refractivity contribution is -0.166. The number of rotatable bonds is 6. The number of amides is 1. The van der Waals surface area contributed by atoms with E-state index in [1.807, 2.05) is 13.0 Å². The highest BCUT2D eigenvalue weighted by Crippen LogP contribution is 2.77. The summed E-state index contributed by atoms with van der Waals surface area (Å²) in [4.78, 5) is 55.1. The highest BCUT2D eigenvalue weighted by molar-refractivity contribution is 7.81. The molecule has 1 saturated carbocycles. The third kappa shape index (κ3) is 6.70. The van der Waals surface area contributed by atoms with Crippen LogP contribution in [0.4, 0.5) is 0 Å². The standard InChI is InChI=1S/C44H54N6O5S2Si/c1-7-49-32-15-14-25-19-28(32)29(35(49)27-12-8-16-45-38(27)43(4,56)54-6)20-42(2,3)24-55-40(52)30-13-10-18-50(47-30)41(53)44(21-33-46-31(25)23-57-33)34(37-39(44)58-37)36(51)26-11-9-17-48(5)22-26/h8,12,14-16,19,23,26,30,34,37,39,47,56H,7,9-11,13,17-18,20-22,24H2,1-6H3/t26-,30+,34?,37?,39?,43-,44-/m1/s1. The van der Waals surface area contributed by atoms with Crippen molar-refractivity contribution in [1.29, 1.82) is 0 Å². The predicted octanol–water partition coefficient (Wildman–Crippen LogP) is 6.58. The Kier molecular flexibility index (Phi) is 10.3. The van der Waals surface area contributed by atoms with E-state index < -0.39 is 21.8 Å². The fourth-order valence-corrected chi connectivity index (χ4v) is 13.7. The molecule has 7 heterocycles. The number of piperidine rings is 1. The number of cyclic esters (lactones) is 1. The second-order valence-electron chi connectivity index (χ2n) is 18.1. The molecule has 4 fully saturated rings. The van der Waals surface area contributed by atoms with Gasteiger partial charge in [0.1, 0.15) is 11.8 Å². The van der Waals surface area contributed by atoms with E-state index in [-0.39, 0.29) is 47.2 Å². The van der Waals surface area contributed by atoms with Crippen LogP contribution in [0.25, 0.3) is 33.4 Å². The van der Waals surface area contributed by atoms with Gasteiger partial charge in [-0.25, -0.2) is 10.4 Å². The summed E-state index contributed by atoms with van der Waals surface area (Å²) in [5.74, 6) is -0.581. The molecule has 14 heteroatoms. The molecule has 1 aromatic carbocycles. The number of aryl methyl sites for hydroxylation is 1. The molecule has 11 nitrogen and oxygen atoms in total. The first-order valence-corrected chi connectivity index (χ1v) is 23.3. The molecule has 1 aliphatic carbocycles. The highest BCUT2D eigenvalue weighted by Gasteiger charge is 2.77. The van der Waals surface area contributed by atoms with E-state index in [0.717, 1.165) is 75.6 Å². The Morgan fingerprint density at radius 1 is 1.17 bits per heavy atom. The van der Waals surface area contributed by atoms with Crippen LogP contribution in [0.5, 0.6) is 0 Å². The Labute approximate surface area is 352 Å². The van der Waals surface area contributed by atoms with Crippen molar-refractivity contribution in [3.63, 3.8) is 0 Å². The zero-order valence-electron chi connectivity index (χ0n) is 34.3. The van der Waals surface area contributed by atoms with Gasteiger partial charge in [-0.15, -0.1) is 24.0 Å². The number of benzene rings is 1. The lowest BCUT2D eigenvalue weighted by Gasteiger charge is -2.51. The fraction of sp³-hybridized carbons (Fsp3) is 0.568. The van der Waals surface area contributed by atoms with E-state index in [1.54, 1.807) is 29.7 Å². The molecule has 9 rings (SSSR count). The number of carbonyl (C=O) groups is 3. The van der Waals surface area contributed by atoms with Gasteiger partial charge in [0, 0.05) is 93.5 Å². The fourth-order valence-electron chi connectivity index (χ4n) is 10.4. The first kappa shape index (κ1) is 40.0. The lowest BCUT2D eigenvalue weighted by Crippen LogP contribution is -2.64. The summed E-state index contributed by atoms with van der Waals surface area (Å²) >= 11 is 6.49. The quantitative estimate of drug-likeness (QED) is 0.0962. The van der Waals surface area contributed by atoms with Crippen LogP contribution in [0.3, 0.4) is 0 Å². The number of carbonyl (C=O) groups excluding carboxylic acids is 3. The molecule has 306 valence electrons. The maximum atomic E-state index is 15.1. The summed E-state index contributed by atoms with van der Waals surface area (Å²) in [6.45, 7) is 11.5. The van der Waals surface area contributed by atoms with E-state index in [1.165, 1.54) is 0 Å². The van der Waals surface area contributed by atoms with Crippen molar-refractivity contribution in [3.8, 4) is 22.5 Å².